The van der Waals surface area contributed by atoms with Crippen molar-refractivity contribution in [3.05, 3.63) is 28.3 Å². The lowest BCUT2D eigenvalue weighted by molar-refractivity contribution is 0.0694. The Balaban J connectivity index is 3.18. The van der Waals surface area contributed by atoms with Crippen LogP contribution in [0.4, 0.5) is 5.69 Å². The molecule has 0 fully saturated rings. The molecule has 17 heavy (non-hydrogen) atoms. The second-order valence-electron chi connectivity index (χ2n) is 3.75. The minimum Gasteiger partial charge on any atom is -0.478 e. The molecule has 0 radical (unpaired) electrons. The summed E-state index contributed by atoms with van der Waals surface area (Å²) in [6.45, 7) is 6.21. The van der Waals surface area contributed by atoms with E-state index in [1.807, 2.05) is 13.8 Å². The Bertz CT molecular complexity index is 417. The molecular formula is C12H17ClN2O2. The van der Waals surface area contributed by atoms with Gasteiger partial charge >= 0.3 is 5.97 Å². The van der Waals surface area contributed by atoms with E-state index in [1.54, 1.807) is 0 Å². The van der Waals surface area contributed by atoms with Crippen molar-refractivity contribution in [1.82, 2.24) is 4.90 Å². The third kappa shape index (κ3) is 3.11. The second kappa shape index (κ2) is 5.89. The van der Waals surface area contributed by atoms with Gasteiger partial charge in [0.05, 0.1) is 16.3 Å². The predicted molar refractivity (Wildman–Crippen MR) is 69.4 cm³/mol. The second-order valence-corrected chi connectivity index (χ2v) is 4.16. The monoisotopic (exact) mass is 256 g/mol. The summed E-state index contributed by atoms with van der Waals surface area (Å²) in [6, 6.07) is 3.02. The SMILES string of the molecule is CCN(CC)Cc1c(C(=O)O)ccc(Cl)c1N. The fourth-order valence-electron chi connectivity index (χ4n) is 1.68. The number of benzene rings is 1. The van der Waals surface area contributed by atoms with E-state index in [4.69, 9.17) is 22.4 Å². The molecule has 0 aliphatic heterocycles. The molecule has 0 spiro atoms. The third-order valence-electron chi connectivity index (χ3n) is 2.81. The Morgan fingerprint density at radius 1 is 1.41 bits per heavy atom. The van der Waals surface area contributed by atoms with Crippen molar-refractivity contribution in [1.29, 1.82) is 0 Å². The zero-order valence-electron chi connectivity index (χ0n) is 10.0. The average molecular weight is 257 g/mol. The van der Waals surface area contributed by atoms with Crippen LogP contribution in [0.5, 0.6) is 0 Å². The van der Waals surface area contributed by atoms with Gasteiger partial charge in [0, 0.05) is 12.1 Å². The van der Waals surface area contributed by atoms with Crippen LogP contribution in [0.1, 0.15) is 29.8 Å². The van der Waals surface area contributed by atoms with Gasteiger partial charge in [-0.3, -0.25) is 4.90 Å². The molecule has 0 atom stereocenters. The Kier molecular flexibility index (Phi) is 4.78. The number of halogens is 1. The molecule has 94 valence electrons. The molecule has 0 saturated heterocycles. The van der Waals surface area contributed by atoms with Gasteiger partial charge < -0.3 is 10.8 Å². The molecule has 4 nitrogen and oxygen atoms in total. The van der Waals surface area contributed by atoms with Crippen molar-refractivity contribution in [2.45, 2.75) is 20.4 Å². The summed E-state index contributed by atoms with van der Waals surface area (Å²) in [5, 5.41) is 9.52. The highest BCUT2D eigenvalue weighted by atomic mass is 35.5. The maximum absolute atomic E-state index is 11.1. The van der Waals surface area contributed by atoms with E-state index in [2.05, 4.69) is 4.90 Å². The van der Waals surface area contributed by atoms with Crippen LogP contribution in [0.3, 0.4) is 0 Å². The lowest BCUT2D eigenvalue weighted by Gasteiger charge is -2.20. The molecule has 5 heteroatoms. The van der Waals surface area contributed by atoms with Crippen LogP contribution in [0.15, 0.2) is 12.1 Å². The van der Waals surface area contributed by atoms with Crippen LogP contribution in [0.25, 0.3) is 0 Å². The number of carboxylic acids is 1. The molecule has 0 aromatic heterocycles. The van der Waals surface area contributed by atoms with Gasteiger partial charge in [-0.2, -0.15) is 0 Å². The summed E-state index contributed by atoms with van der Waals surface area (Å²) in [5.41, 5.74) is 7.03. The van der Waals surface area contributed by atoms with E-state index >= 15 is 0 Å². The highest BCUT2D eigenvalue weighted by Crippen LogP contribution is 2.27. The Labute approximate surface area is 106 Å². The van der Waals surface area contributed by atoms with Crippen molar-refractivity contribution in [3.8, 4) is 0 Å². The van der Waals surface area contributed by atoms with Crippen molar-refractivity contribution in [2.24, 2.45) is 0 Å². The van der Waals surface area contributed by atoms with Gasteiger partial charge in [-0.15, -0.1) is 0 Å². The summed E-state index contributed by atoms with van der Waals surface area (Å²) < 4.78 is 0. The molecule has 0 saturated carbocycles. The molecule has 1 aromatic rings. The first-order valence-electron chi connectivity index (χ1n) is 5.53. The molecule has 1 rings (SSSR count). The van der Waals surface area contributed by atoms with Crippen LogP contribution < -0.4 is 5.73 Å². The fourth-order valence-corrected chi connectivity index (χ4v) is 1.85. The third-order valence-corrected chi connectivity index (χ3v) is 3.14. The summed E-state index contributed by atoms with van der Waals surface area (Å²) in [7, 11) is 0. The quantitative estimate of drug-likeness (QED) is 0.795. The summed E-state index contributed by atoms with van der Waals surface area (Å²) in [4.78, 5) is 13.2. The lowest BCUT2D eigenvalue weighted by atomic mass is 10.0. The lowest BCUT2D eigenvalue weighted by Crippen LogP contribution is -2.24. The maximum Gasteiger partial charge on any atom is 0.336 e. The van der Waals surface area contributed by atoms with E-state index < -0.39 is 5.97 Å². The number of aromatic carboxylic acids is 1. The van der Waals surface area contributed by atoms with Gasteiger partial charge in [-0.05, 0) is 25.2 Å². The van der Waals surface area contributed by atoms with Gasteiger partial charge in [0.1, 0.15) is 0 Å². The number of carbonyl (C=O) groups is 1. The molecule has 1 aromatic carbocycles. The van der Waals surface area contributed by atoms with Crippen LogP contribution in [0.2, 0.25) is 5.02 Å². The molecule has 0 bridgehead atoms. The van der Waals surface area contributed by atoms with Crippen LogP contribution >= 0.6 is 11.6 Å². The number of hydrogen-bond acceptors (Lipinski definition) is 3. The van der Waals surface area contributed by atoms with Crippen LogP contribution in [0, 0.1) is 0 Å². The Morgan fingerprint density at radius 3 is 2.47 bits per heavy atom. The number of anilines is 1. The highest BCUT2D eigenvalue weighted by molar-refractivity contribution is 6.33. The molecular weight excluding hydrogens is 240 g/mol. The molecule has 0 heterocycles. The summed E-state index contributed by atoms with van der Waals surface area (Å²) in [5.74, 6) is -0.976. The molecule has 3 N–H and O–H groups in total. The van der Waals surface area contributed by atoms with E-state index in [-0.39, 0.29) is 5.56 Å². The van der Waals surface area contributed by atoms with Gasteiger partial charge in [0.2, 0.25) is 0 Å². The fraction of sp³-hybridized carbons (Fsp3) is 0.417. The minimum absolute atomic E-state index is 0.221. The Hall–Kier alpha value is -1.26. The average Bonchev–Trinajstić information content (AvgIpc) is 2.30. The molecule has 0 aliphatic rings. The van der Waals surface area contributed by atoms with Gasteiger partial charge in [0.15, 0.2) is 0 Å². The summed E-state index contributed by atoms with van der Waals surface area (Å²) in [6.07, 6.45) is 0. The summed E-state index contributed by atoms with van der Waals surface area (Å²) >= 11 is 5.92. The van der Waals surface area contributed by atoms with E-state index in [1.165, 1.54) is 12.1 Å². The first kappa shape index (κ1) is 13.8. The molecule has 0 aliphatic carbocycles. The van der Waals surface area contributed by atoms with Crippen molar-refractivity contribution >= 4 is 23.3 Å². The van der Waals surface area contributed by atoms with E-state index in [0.717, 1.165) is 13.1 Å². The van der Waals surface area contributed by atoms with E-state index in [9.17, 15) is 4.79 Å². The predicted octanol–water partition coefficient (Wildman–Crippen LogP) is 2.46. The number of nitrogen functional groups attached to an aromatic ring is 1. The smallest absolute Gasteiger partial charge is 0.336 e. The number of nitrogens with two attached hydrogens (primary N) is 1. The zero-order chi connectivity index (χ0) is 13.0. The normalized spacial score (nSPS) is 10.8. The van der Waals surface area contributed by atoms with Crippen molar-refractivity contribution in [2.75, 3.05) is 18.8 Å². The highest BCUT2D eigenvalue weighted by Gasteiger charge is 2.16. The van der Waals surface area contributed by atoms with Gasteiger partial charge in [-0.1, -0.05) is 25.4 Å². The first-order valence-corrected chi connectivity index (χ1v) is 5.91. The zero-order valence-corrected chi connectivity index (χ0v) is 10.8. The van der Waals surface area contributed by atoms with Crippen molar-refractivity contribution < 1.29 is 9.90 Å². The first-order chi connectivity index (χ1) is 8.01. The van der Waals surface area contributed by atoms with Crippen LogP contribution in [-0.4, -0.2) is 29.1 Å². The topological polar surface area (TPSA) is 66.6 Å². The number of hydrogen-bond donors (Lipinski definition) is 2. The standard InChI is InChI=1S/C12H17ClN2O2/c1-3-15(4-2)7-9-8(12(16)17)5-6-10(13)11(9)14/h5-6H,3-4,7,14H2,1-2H3,(H,16,17). The largest absolute Gasteiger partial charge is 0.478 e. The number of nitrogens with zero attached hydrogens (tertiary/aromatic N) is 1. The minimum atomic E-state index is -0.976. The van der Waals surface area contributed by atoms with Crippen molar-refractivity contribution in [3.63, 3.8) is 0 Å². The molecule has 0 unspecified atom stereocenters. The van der Waals surface area contributed by atoms with Gasteiger partial charge in [-0.25, -0.2) is 4.79 Å². The maximum atomic E-state index is 11.1. The Morgan fingerprint density at radius 2 is 2.00 bits per heavy atom. The van der Waals surface area contributed by atoms with Crippen LogP contribution in [-0.2, 0) is 6.54 Å². The van der Waals surface area contributed by atoms with Gasteiger partial charge in [0.25, 0.3) is 0 Å². The number of carboxylic acid groups (broad SMARTS) is 1. The number of rotatable bonds is 5. The van der Waals surface area contributed by atoms with E-state index in [0.29, 0.717) is 22.8 Å². The molecule has 0 amide bonds.